The average Bonchev–Trinajstić information content (AvgIpc) is 2.82. The molecule has 1 fully saturated rings. The monoisotopic (exact) mass is 253 g/mol. The molecule has 96 valence electrons. The van der Waals surface area contributed by atoms with Gasteiger partial charge in [-0.25, -0.2) is 4.79 Å². The van der Waals surface area contributed by atoms with Gasteiger partial charge in [0.05, 0.1) is 6.54 Å². The van der Waals surface area contributed by atoms with Gasteiger partial charge in [-0.05, 0) is 11.1 Å². The van der Waals surface area contributed by atoms with Crippen LogP contribution in [0.1, 0.15) is 17.2 Å². The zero-order valence-electron chi connectivity index (χ0n) is 10.5. The fourth-order valence-electron chi connectivity index (χ4n) is 2.28. The van der Waals surface area contributed by atoms with Crippen LogP contribution in [-0.2, 0) is 11.3 Å². The van der Waals surface area contributed by atoms with Crippen LogP contribution in [0.5, 0.6) is 0 Å². The lowest BCUT2D eigenvalue weighted by Gasteiger charge is -2.12. The molecule has 0 bridgehead atoms. The summed E-state index contributed by atoms with van der Waals surface area (Å²) in [6.45, 7) is 1.21. The first-order chi connectivity index (χ1) is 9.33. The third-order valence-corrected chi connectivity index (χ3v) is 3.28. The Kier molecular flexibility index (Phi) is 3.19. The highest BCUT2D eigenvalue weighted by Crippen LogP contribution is 2.26. The molecule has 0 N–H and O–H groups in total. The van der Waals surface area contributed by atoms with Gasteiger partial charge in [-0.15, -0.1) is 0 Å². The number of hydrogen-bond acceptors (Lipinski definition) is 2. The van der Waals surface area contributed by atoms with E-state index in [4.69, 9.17) is 4.74 Å². The summed E-state index contributed by atoms with van der Waals surface area (Å²) >= 11 is 0. The highest BCUT2D eigenvalue weighted by Gasteiger charge is 2.31. The summed E-state index contributed by atoms with van der Waals surface area (Å²) in [4.78, 5) is 13.6. The van der Waals surface area contributed by atoms with Gasteiger partial charge < -0.3 is 4.74 Å². The molecule has 0 radical (unpaired) electrons. The third-order valence-electron chi connectivity index (χ3n) is 3.28. The minimum absolute atomic E-state index is 0.155. The Balaban J connectivity index is 1.71. The number of ether oxygens (including phenoxy) is 1. The number of amides is 1. The minimum Gasteiger partial charge on any atom is -0.439 e. The van der Waals surface area contributed by atoms with Crippen LogP contribution in [0.4, 0.5) is 4.79 Å². The minimum atomic E-state index is -0.238. The maximum Gasteiger partial charge on any atom is 0.410 e. The number of benzene rings is 2. The van der Waals surface area contributed by atoms with Crippen LogP contribution < -0.4 is 0 Å². The van der Waals surface area contributed by atoms with Crippen molar-refractivity contribution in [1.82, 2.24) is 4.90 Å². The van der Waals surface area contributed by atoms with E-state index in [9.17, 15) is 4.79 Å². The van der Waals surface area contributed by atoms with Crippen LogP contribution in [-0.4, -0.2) is 17.5 Å². The summed E-state index contributed by atoms with van der Waals surface area (Å²) < 4.78 is 5.42. The molecule has 0 saturated carbocycles. The summed E-state index contributed by atoms with van der Waals surface area (Å²) in [6.07, 6.45) is -0.393. The van der Waals surface area contributed by atoms with E-state index in [0.29, 0.717) is 13.1 Å². The van der Waals surface area contributed by atoms with Crippen molar-refractivity contribution in [1.29, 1.82) is 0 Å². The molecule has 3 heteroatoms. The van der Waals surface area contributed by atoms with E-state index in [1.54, 1.807) is 4.90 Å². The molecule has 1 saturated heterocycles. The molecule has 2 aromatic rings. The molecule has 0 aliphatic carbocycles. The van der Waals surface area contributed by atoms with Gasteiger partial charge in [-0.3, -0.25) is 4.90 Å². The van der Waals surface area contributed by atoms with Crippen molar-refractivity contribution in [3.05, 3.63) is 71.8 Å². The zero-order chi connectivity index (χ0) is 13.1. The van der Waals surface area contributed by atoms with Crippen LogP contribution >= 0.6 is 0 Å². The lowest BCUT2D eigenvalue weighted by molar-refractivity contribution is 0.132. The molecule has 1 aliphatic rings. The maximum absolute atomic E-state index is 11.9. The maximum atomic E-state index is 11.9. The van der Waals surface area contributed by atoms with E-state index in [-0.39, 0.29) is 12.2 Å². The third kappa shape index (κ3) is 2.60. The van der Waals surface area contributed by atoms with Crippen molar-refractivity contribution in [2.75, 3.05) is 6.54 Å². The molecular formula is C16H15NO2. The zero-order valence-corrected chi connectivity index (χ0v) is 10.5. The number of hydrogen-bond donors (Lipinski definition) is 0. The van der Waals surface area contributed by atoms with Gasteiger partial charge in [0.15, 0.2) is 0 Å². The molecule has 1 heterocycles. The van der Waals surface area contributed by atoms with Crippen molar-refractivity contribution < 1.29 is 9.53 Å². The van der Waals surface area contributed by atoms with Crippen molar-refractivity contribution in [2.24, 2.45) is 0 Å². The Morgan fingerprint density at radius 2 is 1.63 bits per heavy atom. The van der Waals surface area contributed by atoms with Crippen LogP contribution in [0.25, 0.3) is 0 Å². The second kappa shape index (κ2) is 5.14. The molecule has 1 amide bonds. The topological polar surface area (TPSA) is 29.5 Å². The van der Waals surface area contributed by atoms with Crippen molar-refractivity contribution in [2.45, 2.75) is 12.6 Å². The molecule has 2 aromatic carbocycles. The van der Waals surface area contributed by atoms with Crippen molar-refractivity contribution in [3.63, 3.8) is 0 Å². The fourth-order valence-corrected chi connectivity index (χ4v) is 2.28. The fraction of sp³-hybridized carbons (Fsp3) is 0.188. The summed E-state index contributed by atoms with van der Waals surface area (Å²) in [7, 11) is 0. The van der Waals surface area contributed by atoms with Gasteiger partial charge in [0.25, 0.3) is 0 Å². The molecule has 1 aliphatic heterocycles. The van der Waals surface area contributed by atoms with E-state index >= 15 is 0 Å². The average molecular weight is 253 g/mol. The second-order valence-corrected chi connectivity index (χ2v) is 4.65. The van der Waals surface area contributed by atoms with Gasteiger partial charge in [-0.2, -0.15) is 0 Å². The molecule has 0 aromatic heterocycles. The molecule has 0 spiro atoms. The van der Waals surface area contributed by atoms with Crippen LogP contribution in [0.3, 0.4) is 0 Å². The lowest BCUT2D eigenvalue weighted by atomic mass is 10.1. The Morgan fingerprint density at radius 1 is 1.00 bits per heavy atom. The molecule has 19 heavy (non-hydrogen) atoms. The van der Waals surface area contributed by atoms with E-state index in [0.717, 1.165) is 11.1 Å². The first kappa shape index (κ1) is 11.8. The van der Waals surface area contributed by atoms with Crippen molar-refractivity contribution in [3.8, 4) is 0 Å². The van der Waals surface area contributed by atoms with Gasteiger partial charge >= 0.3 is 6.09 Å². The first-order valence-corrected chi connectivity index (χ1v) is 6.37. The van der Waals surface area contributed by atoms with E-state index in [2.05, 4.69) is 0 Å². The highest BCUT2D eigenvalue weighted by atomic mass is 16.6. The summed E-state index contributed by atoms with van der Waals surface area (Å²) in [6, 6.07) is 19.8. The smallest absolute Gasteiger partial charge is 0.410 e. The standard InChI is InChI=1S/C16H15NO2/c18-16-17(11-13-7-3-1-4-8-13)12-15(19-16)14-9-5-2-6-10-14/h1-10,15H,11-12H2. The Labute approximate surface area is 112 Å². The largest absolute Gasteiger partial charge is 0.439 e. The summed E-state index contributed by atoms with van der Waals surface area (Å²) in [5.74, 6) is 0. The number of cyclic esters (lactones) is 1. The predicted molar refractivity (Wildman–Crippen MR) is 72.5 cm³/mol. The van der Waals surface area contributed by atoms with Crippen LogP contribution in [0.15, 0.2) is 60.7 Å². The Bertz CT molecular complexity index is 553. The normalized spacial score (nSPS) is 18.4. The van der Waals surface area contributed by atoms with Gasteiger partial charge in [0.1, 0.15) is 6.10 Å². The second-order valence-electron chi connectivity index (χ2n) is 4.65. The van der Waals surface area contributed by atoms with E-state index in [1.165, 1.54) is 0 Å². The number of carbonyl (C=O) groups excluding carboxylic acids is 1. The number of nitrogens with zero attached hydrogens (tertiary/aromatic N) is 1. The molecule has 1 unspecified atom stereocenters. The highest BCUT2D eigenvalue weighted by molar-refractivity contribution is 5.70. The summed E-state index contributed by atoms with van der Waals surface area (Å²) in [5, 5.41) is 0. The van der Waals surface area contributed by atoms with Crippen LogP contribution in [0, 0.1) is 0 Å². The van der Waals surface area contributed by atoms with Crippen molar-refractivity contribution >= 4 is 6.09 Å². The molecule has 1 atom stereocenters. The molecular weight excluding hydrogens is 238 g/mol. The van der Waals surface area contributed by atoms with E-state index in [1.807, 2.05) is 60.7 Å². The van der Waals surface area contributed by atoms with Gasteiger partial charge in [0.2, 0.25) is 0 Å². The van der Waals surface area contributed by atoms with E-state index < -0.39 is 0 Å². The first-order valence-electron chi connectivity index (χ1n) is 6.37. The number of rotatable bonds is 3. The predicted octanol–water partition coefficient (Wildman–Crippen LogP) is 3.38. The van der Waals surface area contributed by atoms with Gasteiger partial charge in [0, 0.05) is 6.54 Å². The quantitative estimate of drug-likeness (QED) is 0.839. The van der Waals surface area contributed by atoms with Gasteiger partial charge in [-0.1, -0.05) is 60.7 Å². The molecule has 3 rings (SSSR count). The molecule has 3 nitrogen and oxygen atoms in total. The van der Waals surface area contributed by atoms with Crippen LogP contribution in [0.2, 0.25) is 0 Å². The number of carbonyl (C=O) groups is 1. The lowest BCUT2D eigenvalue weighted by Crippen LogP contribution is -2.23. The summed E-state index contributed by atoms with van der Waals surface area (Å²) in [5.41, 5.74) is 2.17. The Hall–Kier alpha value is -2.29. The Morgan fingerprint density at radius 3 is 2.32 bits per heavy atom. The SMILES string of the molecule is O=C1OC(c2ccccc2)CN1Cc1ccccc1.